The summed E-state index contributed by atoms with van der Waals surface area (Å²) in [5.41, 5.74) is 8.84. The van der Waals surface area contributed by atoms with Crippen LogP contribution in [-0.2, 0) is 0 Å². The lowest BCUT2D eigenvalue weighted by atomic mass is 10.0. The van der Waals surface area contributed by atoms with Crippen LogP contribution in [0.25, 0.3) is 22.2 Å². The Bertz CT molecular complexity index is 1170. The zero-order valence-corrected chi connectivity index (χ0v) is 15.3. The third kappa shape index (κ3) is 3.19. The fraction of sp³-hybridized carbons (Fsp3) is 0.0476. The van der Waals surface area contributed by atoms with E-state index in [-0.39, 0.29) is 5.56 Å². The molecule has 4 aromatic rings. The highest BCUT2D eigenvalue weighted by Gasteiger charge is 2.19. The number of nitrogen functional groups attached to an aromatic ring is 1. The first-order chi connectivity index (χ1) is 13.1. The molecule has 0 aliphatic rings. The maximum Gasteiger partial charge on any atom is 0.198 e. The number of aromatic amines is 1. The van der Waals surface area contributed by atoms with Crippen LogP contribution in [0.4, 0.5) is 10.1 Å². The van der Waals surface area contributed by atoms with Crippen molar-refractivity contribution in [3.63, 3.8) is 0 Å². The highest BCUT2D eigenvalue weighted by atomic mass is 32.2. The summed E-state index contributed by atoms with van der Waals surface area (Å²) in [5.74, 6) is -1.02. The van der Waals surface area contributed by atoms with Gasteiger partial charge in [0.2, 0.25) is 0 Å². The zero-order valence-electron chi connectivity index (χ0n) is 14.5. The number of ketones is 1. The molecule has 4 rings (SSSR count). The van der Waals surface area contributed by atoms with E-state index in [1.807, 2.05) is 30.5 Å². The molecule has 0 radical (unpaired) electrons. The van der Waals surface area contributed by atoms with Crippen molar-refractivity contribution in [3.05, 3.63) is 77.9 Å². The Balaban J connectivity index is 1.83. The van der Waals surface area contributed by atoms with Crippen molar-refractivity contribution >= 4 is 34.3 Å². The SMILES string of the molecule is CSc1cccc(-c2cnc3[nH]cc(C(=O)c4cc(N)ccc4F)c3c2)c1. The van der Waals surface area contributed by atoms with E-state index in [1.54, 1.807) is 24.2 Å². The second kappa shape index (κ2) is 6.89. The van der Waals surface area contributed by atoms with Crippen molar-refractivity contribution in [2.75, 3.05) is 12.0 Å². The number of carbonyl (C=O) groups is 1. The van der Waals surface area contributed by atoms with Gasteiger partial charge in [-0.3, -0.25) is 4.79 Å². The smallest absolute Gasteiger partial charge is 0.198 e. The Morgan fingerprint density at radius 2 is 1.96 bits per heavy atom. The van der Waals surface area contributed by atoms with E-state index in [0.717, 1.165) is 16.0 Å². The van der Waals surface area contributed by atoms with Gasteiger partial charge in [-0.05, 0) is 48.2 Å². The number of nitrogens with one attached hydrogen (secondary N) is 1. The van der Waals surface area contributed by atoms with Crippen molar-refractivity contribution in [2.45, 2.75) is 4.90 Å². The molecule has 4 nitrogen and oxygen atoms in total. The second-order valence-electron chi connectivity index (χ2n) is 6.12. The summed E-state index contributed by atoms with van der Waals surface area (Å²) in [4.78, 5) is 21.4. The van der Waals surface area contributed by atoms with E-state index in [0.29, 0.717) is 22.3 Å². The summed E-state index contributed by atoms with van der Waals surface area (Å²) in [6.07, 6.45) is 5.34. The molecule has 27 heavy (non-hydrogen) atoms. The summed E-state index contributed by atoms with van der Waals surface area (Å²) in [6.45, 7) is 0. The van der Waals surface area contributed by atoms with E-state index in [2.05, 4.69) is 16.0 Å². The summed E-state index contributed by atoms with van der Waals surface area (Å²) >= 11 is 1.66. The van der Waals surface area contributed by atoms with Gasteiger partial charge in [0, 0.05) is 39.5 Å². The lowest BCUT2D eigenvalue weighted by Gasteiger charge is -2.06. The number of rotatable bonds is 4. The predicted octanol–water partition coefficient (Wildman–Crippen LogP) is 4.90. The van der Waals surface area contributed by atoms with E-state index in [1.165, 1.54) is 18.2 Å². The number of thioether (sulfide) groups is 1. The Kier molecular flexibility index (Phi) is 4.41. The summed E-state index contributed by atoms with van der Waals surface area (Å²) in [7, 11) is 0. The number of hydrogen-bond donors (Lipinski definition) is 2. The number of H-pyrrole nitrogens is 1. The van der Waals surface area contributed by atoms with Gasteiger partial charge in [-0.15, -0.1) is 11.8 Å². The molecule has 0 aliphatic heterocycles. The molecule has 3 N–H and O–H groups in total. The topological polar surface area (TPSA) is 71.8 Å². The Labute approximate surface area is 159 Å². The second-order valence-corrected chi connectivity index (χ2v) is 7.00. The number of halogens is 1. The van der Waals surface area contributed by atoms with Crippen LogP contribution >= 0.6 is 11.8 Å². The minimum absolute atomic E-state index is 0.0503. The number of fused-ring (bicyclic) bond motifs is 1. The van der Waals surface area contributed by atoms with Gasteiger partial charge in [0.25, 0.3) is 0 Å². The summed E-state index contributed by atoms with van der Waals surface area (Å²) in [6, 6.07) is 14.0. The number of pyridine rings is 1. The molecule has 2 aromatic heterocycles. The molecule has 0 saturated carbocycles. The van der Waals surface area contributed by atoms with Gasteiger partial charge in [-0.1, -0.05) is 12.1 Å². The summed E-state index contributed by atoms with van der Waals surface area (Å²) < 4.78 is 14.1. The first kappa shape index (κ1) is 17.3. The van der Waals surface area contributed by atoms with Gasteiger partial charge in [0.15, 0.2) is 5.78 Å². The maximum atomic E-state index is 14.1. The quantitative estimate of drug-likeness (QED) is 0.301. The fourth-order valence-electron chi connectivity index (χ4n) is 3.01. The van der Waals surface area contributed by atoms with Crippen LogP contribution < -0.4 is 5.73 Å². The molecule has 0 spiro atoms. The molecule has 134 valence electrons. The van der Waals surface area contributed by atoms with Crippen LogP contribution in [0.2, 0.25) is 0 Å². The molecule has 0 saturated heterocycles. The van der Waals surface area contributed by atoms with Gasteiger partial charge >= 0.3 is 0 Å². The van der Waals surface area contributed by atoms with E-state index in [4.69, 9.17) is 5.73 Å². The Morgan fingerprint density at radius 3 is 2.78 bits per heavy atom. The van der Waals surface area contributed by atoms with Crippen LogP contribution in [0, 0.1) is 5.82 Å². The van der Waals surface area contributed by atoms with Crippen molar-refractivity contribution in [2.24, 2.45) is 0 Å². The molecule has 0 aliphatic carbocycles. The monoisotopic (exact) mass is 377 g/mol. The normalized spacial score (nSPS) is 11.0. The molecular formula is C21H16FN3OS. The molecule has 0 atom stereocenters. The lowest BCUT2D eigenvalue weighted by molar-refractivity contribution is 0.103. The number of anilines is 1. The average Bonchev–Trinajstić information content (AvgIpc) is 3.12. The molecule has 2 aromatic carbocycles. The van der Waals surface area contributed by atoms with Crippen molar-refractivity contribution in [1.82, 2.24) is 9.97 Å². The maximum absolute atomic E-state index is 14.1. The third-order valence-electron chi connectivity index (χ3n) is 4.41. The van der Waals surface area contributed by atoms with Gasteiger partial charge in [-0.2, -0.15) is 0 Å². The number of aromatic nitrogens is 2. The number of hydrogen-bond acceptors (Lipinski definition) is 4. The minimum Gasteiger partial charge on any atom is -0.399 e. The third-order valence-corrected chi connectivity index (χ3v) is 5.14. The molecule has 0 unspecified atom stereocenters. The largest absolute Gasteiger partial charge is 0.399 e. The highest BCUT2D eigenvalue weighted by Crippen LogP contribution is 2.29. The first-order valence-electron chi connectivity index (χ1n) is 8.28. The van der Waals surface area contributed by atoms with Crippen LogP contribution in [0.1, 0.15) is 15.9 Å². The Morgan fingerprint density at radius 1 is 1.11 bits per heavy atom. The predicted molar refractivity (Wildman–Crippen MR) is 108 cm³/mol. The average molecular weight is 377 g/mol. The highest BCUT2D eigenvalue weighted by molar-refractivity contribution is 7.98. The van der Waals surface area contributed by atoms with Crippen LogP contribution in [0.3, 0.4) is 0 Å². The number of carbonyl (C=O) groups excluding carboxylic acids is 1. The number of nitrogens with zero attached hydrogens (tertiary/aromatic N) is 1. The van der Waals surface area contributed by atoms with Gasteiger partial charge in [-0.25, -0.2) is 9.37 Å². The number of benzene rings is 2. The number of nitrogens with two attached hydrogens (primary N) is 1. The molecule has 0 amide bonds. The van der Waals surface area contributed by atoms with Gasteiger partial charge in [0.05, 0.1) is 5.56 Å². The molecule has 2 heterocycles. The standard InChI is InChI=1S/C21H16FN3OS/c1-27-15-4-2-3-12(7-15)13-8-16-18(11-25-21(16)24-10-13)20(26)17-9-14(23)5-6-19(17)22/h2-11H,23H2,1H3,(H,24,25). The summed E-state index contributed by atoms with van der Waals surface area (Å²) in [5, 5.41) is 0.647. The van der Waals surface area contributed by atoms with E-state index < -0.39 is 11.6 Å². The van der Waals surface area contributed by atoms with Crippen LogP contribution in [0.5, 0.6) is 0 Å². The lowest BCUT2D eigenvalue weighted by Crippen LogP contribution is -2.04. The van der Waals surface area contributed by atoms with Crippen LogP contribution in [-0.4, -0.2) is 22.0 Å². The van der Waals surface area contributed by atoms with Crippen LogP contribution in [0.15, 0.2) is 65.8 Å². The molecular weight excluding hydrogens is 361 g/mol. The van der Waals surface area contributed by atoms with E-state index in [9.17, 15) is 9.18 Å². The van der Waals surface area contributed by atoms with Gasteiger partial charge in [0.1, 0.15) is 11.5 Å². The fourth-order valence-corrected chi connectivity index (χ4v) is 3.47. The molecule has 0 bridgehead atoms. The van der Waals surface area contributed by atoms with Crippen molar-refractivity contribution < 1.29 is 9.18 Å². The van der Waals surface area contributed by atoms with Crippen molar-refractivity contribution in [1.29, 1.82) is 0 Å². The van der Waals surface area contributed by atoms with Gasteiger partial charge < -0.3 is 10.7 Å². The Hall–Kier alpha value is -3.12. The minimum atomic E-state index is -0.597. The van der Waals surface area contributed by atoms with E-state index >= 15 is 0 Å². The molecule has 0 fully saturated rings. The first-order valence-corrected chi connectivity index (χ1v) is 9.50. The van der Waals surface area contributed by atoms with Crippen molar-refractivity contribution in [3.8, 4) is 11.1 Å². The zero-order chi connectivity index (χ0) is 19.0. The molecule has 6 heteroatoms.